The lowest BCUT2D eigenvalue weighted by molar-refractivity contribution is 1.29. The van der Waals surface area contributed by atoms with Gasteiger partial charge in [-0.25, -0.2) is 0 Å². The molecule has 0 spiro atoms. The normalized spacial score (nSPS) is 11.1. The lowest BCUT2D eigenvalue weighted by Gasteiger charge is -2.29. The van der Waals surface area contributed by atoms with Crippen molar-refractivity contribution in [2.45, 2.75) is 0 Å². The Kier molecular flexibility index (Phi) is 10.3. The van der Waals surface area contributed by atoms with Crippen molar-refractivity contribution < 1.29 is 0 Å². The molecule has 0 bridgehead atoms. The molecule has 2 heteroatoms. The summed E-state index contributed by atoms with van der Waals surface area (Å²) in [5.41, 5.74) is 16.1. The molecule has 11 aromatic carbocycles. The van der Waals surface area contributed by atoms with E-state index in [0.29, 0.717) is 0 Å². The molecule has 0 aliphatic carbocycles. The van der Waals surface area contributed by atoms with Gasteiger partial charge >= 0.3 is 0 Å². The van der Waals surface area contributed by atoms with Crippen LogP contribution in [0.3, 0.4) is 0 Å². The SMILES string of the molecule is c1ccc(-c2c(N(c3ccccc3)c3cccc(-c4ccc(-c5cccc(N(c6ccccc6)c6ccc7ccccc7c6-c6ccccc6)c5)cc4)c3)ccc3ccccc23)cc1. The average molecular weight is 817 g/mol. The molecule has 0 aliphatic heterocycles. The molecule has 11 rings (SSSR count). The van der Waals surface area contributed by atoms with E-state index in [4.69, 9.17) is 0 Å². The van der Waals surface area contributed by atoms with E-state index in [-0.39, 0.29) is 0 Å². The van der Waals surface area contributed by atoms with Crippen molar-refractivity contribution in [1.82, 2.24) is 0 Å². The Morgan fingerprint density at radius 2 is 0.531 bits per heavy atom. The molecule has 64 heavy (non-hydrogen) atoms. The van der Waals surface area contributed by atoms with Crippen LogP contribution in [-0.4, -0.2) is 0 Å². The highest BCUT2D eigenvalue weighted by Crippen LogP contribution is 2.47. The molecule has 2 nitrogen and oxygen atoms in total. The van der Waals surface area contributed by atoms with Gasteiger partial charge in [0.2, 0.25) is 0 Å². The van der Waals surface area contributed by atoms with Gasteiger partial charge in [0.25, 0.3) is 0 Å². The van der Waals surface area contributed by atoms with E-state index in [2.05, 4.69) is 277 Å². The van der Waals surface area contributed by atoms with E-state index in [1.165, 1.54) is 43.8 Å². The van der Waals surface area contributed by atoms with Crippen LogP contribution in [0, 0.1) is 0 Å². The lowest BCUT2D eigenvalue weighted by atomic mass is 9.94. The van der Waals surface area contributed by atoms with E-state index in [0.717, 1.165) is 56.4 Å². The fourth-order valence-corrected chi connectivity index (χ4v) is 9.22. The second-order valence-electron chi connectivity index (χ2n) is 16.1. The lowest BCUT2D eigenvalue weighted by Crippen LogP contribution is -2.11. The minimum atomic E-state index is 1.09. The van der Waals surface area contributed by atoms with Crippen molar-refractivity contribution in [3.05, 3.63) is 267 Å². The van der Waals surface area contributed by atoms with Gasteiger partial charge in [-0.3, -0.25) is 0 Å². The summed E-state index contributed by atoms with van der Waals surface area (Å²) >= 11 is 0. The summed E-state index contributed by atoms with van der Waals surface area (Å²) in [7, 11) is 0. The molecule has 0 aliphatic rings. The van der Waals surface area contributed by atoms with Crippen molar-refractivity contribution in [1.29, 1.82) is 0 Å². The fourth-order valence-electron chi connectivity index (χ4n) is 9.22. The van der Waals surface area contributed by atoms with Crippen molar-refractivity contribution in [3.8, 4) is 44.5 Å². The van der Waals surface area contributed by atoms with Crippen LogP contribution in [0.2, 0.25) is 0 Å². The van der Waals surface area contributed by atoms with Crippen LogP contribution >= 0.6 is 0 Å². The zero-order valence-electron chi connectivity index (χ0n) is 35.3. The molecule has 0 N–H and O–H groups in total. The maximum absolute atomic E-state index is 2.40. The van der Waals surface area contributed by atoms with Gasteiger partial charge in [-0.15, -0.1) is 0 Å². The van der Waals surface area contributed by atoms with Gasteiger partial charge in [-0.2, -0.15) is 0 Å². The first kappa shape index (κ1) is 38.5. The van der Waals surface area contributed by atoms with Gasteiger partial charge in [-0.05, 0) is 116 Å². The van der Waals surface area contributed by atoms with Gasteiger partial charge in [0.15, 0.2) is 0 Å². The van der Waals surface area contributed by atoms with E-state index < -0.39 is 0 Å². The summed E-state index contributed by atoms with van der Waals surface area (Å²) in [6.45, 7) is 0. The van der Waals surface area contributed by atoms with E-state index in [1.54, 1.807) is 0 Å². The summed E-state index contributed by atoms with van der Waals surface area (Å²) in [5, 5.41) is 4.89. The van der Waals surface area contributed by atoms with Crippen molar-refractivity contribution in [3.63, 3.8) is 0 Å². The summed E-state index contributed by atoms with van der Waals surface area (Å²) < 4.78 is 0. The van der Waals surface area contributed by atoms with Crippen molar-refractivity contribution >= 4 is 55.7 Å². The molecule has 0 radical (unpaired) electrons. The van der Waals surface area contributed by atoms with Crippen molar-refractivity contribution in [2.24, 2.45) is 0 Å². The number of benzene rings is 11. The summed E-state index contributed by atoms with van der Waals surface area (Å²) in [6.07, 6.45) is 0. The number of anilines is 6. The zero-order valence-corrected chi connectivity index (χ0v) is 35.3. The average Bonchev–Trinajstić information content (AvgIpc) is 3.38. The third kappa shape index (κ3) is 7.38. The third-order valence-electron chi connectivity index (χ3n) is 12.2. The number of hydrogen-bond acceptors (Lipinski definition) is 2. The number of hydrogen-bond donors (Lipinski definition) is 0. The molecule has 0 saturated carbocycles. The van der Waals surface area contributed by atoms with Gasteiger partial charge < -0.3 is 9.80 Å². The van der Waals surface area contributed by atoms with Crippen LogP contribution in [0.4, 0.5) is 34.1 Å². The first-order valence-corrected chi connectivity index (χ1v) is 21.9. The quantitative estimate of drug-likeness (QED) is 0.136. The third-order valence-corrected chi connectivity index (χ3v) is 12.2. The standard InChI is InChI=1S/C62H44N2/c1-5-21-49(22-6-1)61-57-33-15-13-19-47(57)39-41-59(61)63(53-27-9-3-10-28-53)55-31-17-25-51(43-55)45-35-37-46(38-36-45)52-26-18-32-56(44-52)64(54-29-11-4-12-30-54)60-42-40-48-20-14-16-34-58(48)62(60)50-23-7-2-8-24-50/h1-44H. The van der Waals surface area contributed by atoms with Gasteiger partial charge in [0, 0.05) is 33.9 Å². The first-order valence-electron chi connectivity index (χ1n) is 21.9. The van der Waals surface area contributed by atoms with Gasteiger partial charge in [-0.1, -0.05) is 206 Å². The topological polar surface area (TPSA) is 6.48 Å². The second kappa shape index (κ2) is 17.1. The van der Waals surface area contributed by atoms with E-state index in [9.17, 15) is 0 Å². The number of para-hydroxylation sites is 2. The van der Waals surface area contributed by atoms with Gasteiger partial charge in [0.1, 0.15) is 0 Å². The predicted octanol–water partition coefficient (Wildman–Crippen LogP) is 17.6. The Hall–Kier alpha value is -8.46. The Bertz CT molecular complexity index is 3130. The monoisotopic (exact) mass is 816 g/mol. The van der Waals surface area contributed by atoms with Crippen LogP contribution in [0.15, 0.2) is 267 Å². The number of rotatable bonds is 10. The molecule has 0 saturated heterocycles. The minimum absolute atomic E-state index is 1.09. The Morgan fingerprint density at radius 1 is 0.203 bits per heavy atom. The molecule has 0 amide bonds. The highest BCUT2D eigenvalue weighted by molar-refractivity contribution is 6.07. The zero-order chi connectivity index (χ0) is 42.7. The number of fused-ring (bicyclic) bond motifs is 2. The summed E-state index contributed by atoms with van der Waals surface area (Å²) in [5.74, 6) is 0. The molecule has 0 atom stereocenters. The van der Waals surface area contributed by atoms with Crippen LogP contribution in [0.25, 0.3) is 66.1 Å². The fraction of sp³-hybridized carbons (Fsp3) is 0. The molecule has 0 unspecified atom stereocenters. The Balaban J connectivity index is 0.978. The van der Waals surface area contributed by atoms with E-state index in [1.807, 2.05) is 0 Å². The summed E-state index contributed by atoms with van der Waals surface area (Å²) in [4.78, 5) is 4.80. The second-order valence-corrected chi connectivity index (χ2v) is 16.1. The molecule has 0 fully saturated rings. The molecular formula is C62H44N2. The highest BCUT2D eigenvalue weighted by Gasteiger charge is 2.22. The predicted molar refractivity (Wildman–Crippen MR) is 273 cm³/mol. The number of nitrogens with zero attached hydrogens (tertiary/aromatic N) is 2. The molecule has 11 aromatic rings. The molecular weight excluding hydrogens is 773 g/mol. The first-order chi connectivity index (χ1) is 31.8. The molecule has 302 valence electrons. The summed E-state index contributed by atoms with van der Waals surface area (Å²) in [6, 6.07) is 96.2. The van der Waals surface area contributed by atoms with Crippen molar-refractivity contribution in [2.75, 3.05) is 9.80 Å². The van der Waals surface area contributed by atoms with Crippen LogP contribution in [-0.2, 0) is 0 Å². The van der Waals surface area contributed by atoms with Crippen LogP contribution in [0.5, 0.6) is 0 Å². The van der Waals surface area contributed by atoms with Gasteiger partial charge in [0.05, 0.1) is 11.4 Å². The molecule has 0 aromatic heterocycles. The highest BCUT2D eigenvalue weighted by atomic mass is 15.1. The largest absolute Gasteiger partial charge is 0.310 e. The Labute approximate surface area is 375 Å². The Morgan fingerprint density at radius 3 is 0.938 bits per heavy atom. The van der Waals surface area contributed by atoms with Crippen LogP contribution in [0.1, 0.15) is 0 Å². The van der Waals surface area contributed by atoms with E-state index >= 15 is 0 Å². The van der Waals surface area contributed by atoms with Crippen LogP contribution < -0.4 is 9.80 Å². The maximum Gasteiger partial charge on any atom is 0.0546 e. The smallest absolute Gasteiger partial charge is 0.0546 e. The molecule has 0 heterocycles. The minimum Gasteiger partial charge on any atom is -0.310 e. The maximum atomic E-state index is 2.40.